The zero-order valence-electron chi connectivity index (χ0n) is 25.6. The zero-order valence-corrected chi connectivity index (χ0v) is 26.4. The summed E-state index contributed by atoms with van der Waals surface area (Å²) >= 11 is 1.22. The summed E-state index contributed by atoms with van der Waals surface area (Å²) in [6.07, 6.45) is 3.70. The van der Waals surface area contributed by atoms with Gasteiger partial charge in [0, 0.05) is 24.2 Å². The van der Waals surface area contributed by atoms with Gasteiger partial charge in [-0.25, -0.2) is 14.5 Å². The van der Waals surface area contributed by atoms with Gasteiger partial charge in [-0.05, 0) is 49.8 Å². The van der Waals surface area contributed by atoms with E-state index in [4.69, 9.17) is 19.3 Å². The molecule has 1 atom stereocenters. The van der Waals surface area contributed by atoms with Crippen LogP contribution in [0, 0.1) is 0 Å². The molecule has 0 aliphatic carbocycles. The van der Waals surface area contributed by atoms with E-state index < -0.39 is 18.0 Å². The molecule has 1 aliphatic rings. The Bertz CT molecular complexity index is 2160. The first-order valence-electron chi connectivity index (χ1n) is 14.6. The average Bonchev–Trinajstić information content (AvgIpc) is 3.61. The molecule has 2 aromatic heterocycles. The first-order chi connectivity index (χ1) is 22.3. The van der Waals surface area contributed by atoms with Crippen LogP contribution in [0.2, 0.25) is 0 Å². The Labute approximate surface area is 268 Å². The van der Waals surface area contributed by atoms with Crippen molar-refractivity contribution in [2.75, 3.05) is 13.7 Å². The lowest BCUT2D eigenvalue weighted by Crippen LogP contribution is -2.40. The van der Waals surface area contributed by atoms with Crippen molar-refractivity contribution < 1.29 is 23.8 Å². The third kappa shape index (κ3) is 5.80. The molecule has 46 heavy (non-hydrogen) atoms. The van der Waals surface area contributed by atoms with Gasteiger partial charge < -0.3 is 14.2 Å². The predicted octanol–water partition coefficient (Wildman–Crippen LogP) is 4.58. The summed E-state index contributed by atoms with van der Waals surface area (Å²) in [5, 5.41) is 4.88. The molecular formula is C35H30N4O6S. The van der Waals surface area contributed by atoms with Gasteiger partial charge in [-0.15, -0.1) is 0 Å². The van der Waals surface area contributed by atoms with Gasteiger partial charge in [0.1, 0.15) is 0 Å². The number of carbonyl (C=O) groups is 2. The number of ether oxygens (including phenoxy) is 3. The number of carbonyl (C=O) groups excluding carboxylic acids is 2. The molecule has 0 spiro atoms. The molecule has 0 N–H and O–H groups in total. The Hall–Kier alpha value is -5.55. The second-order valence-electron chi connectivity index (χ2n) is 10.4. The third-order valence-corrected chi connectivity index (χ3v) is 8.35. The fraction of sp³-hybridized carbons (Fsp3) is 0.171. The number of methoxy groups -OCH3 is 1. The fourth-order valence-electron chi connectivity index (χ4n) is 5.37. The highest BCUT2D eigenvalue weighted by molar-refractivity contribution is 7.07. The van der Waals surface area contributed by atoms with Crippen molar-refractivity contribution in [3.8, 4) is 28.4 Å². The molecule has 10 nitrogen and oxygen atoms in total. The third-order valence-electron chi connectivity index (χ3n) is 7.37. The number of hydrogen-bond acceptors (Lipinski definition) is 9. The maximum atomic E-state index is 14.3. The van der Waals surface area contributed by atoms with Crippen LogP contribution in [0.15, 0.2) is 106 Å². The number of fused-ring (bicyclic) bond motifs is 1. The van der Waals surface area contributed by atoms with Gasteiger partial charge in [0.25, 0.3) is 5.56 Å². The van der Waals surface area contributed by atoms with Gasteiger partial charge in [0.05, 0.1) is 46.9 Å². The summed E-state index contributed by atoms with van der Waals surface area (Å²) in [7, 11) is 1.45. The topological polar surface area (TPSA) is 114 Å². The van der Waals surface area contributed by atoms with E-state index in [0.29, 0.717) is 26.3 Å². The van der Waals surface area contributed by atoms with E-state index in [0.717, 1.165) is 16.8 Å². The second kappa shape index (κ2) is 12.8. The van der Waals surface area contributed by atoms with Crippen LogP contribution in [0.1, 0.15) is 37.9 Å². The van der Waals surface area contributed by atoms with Crippen LogP contribution >= 0.6 is 11.3 Å². The first kappa shape index (κ1) is 30.5. The van der Waals surface area contributed by atoms with E-state index >= 15 is 0 Å². The van der Waals surface area contributed by atoms with Gasteiger partial charge in [-0.2, -0.15) is 5.10 Å². The van der Waals surface area contributed by atoms with Gasteiger partial charge in [0.2, 0.25) is 0 Å². The lowest BCUT2D eigenvalue weighted by atomic mass is 9.95. The fourth-order valence-corrected chi connectivity index (χ4v) is 6.41. The highest BCUT2D eigenvalue weighted by Gasteiger charge is 2.34. The number of thiazole rings is 1. The SMILES string of the molecule is CCOC(=O)C1=C(C)N=c2s/c(=C\c3cn(-c4ccccc4)nc3-c3ccccc3)c(=O)n2C1c1ccc(OC(C)=O)c(OC)c1. The van der Waals surface area contributed by atoms with E-state index in [2.05, 4.69) is 4.99 Å². The largest absolute Gasteiger partial charge is 0.493 e. The summed E-state index contributed by atoms with van der Waals surface area (Å²) in [6.45, 7) is 4.88. The van der Waals surface area contributed by atoms with E-state index in [9.17, 15) is 14.4 Å². The van der Waals surface area contributed by atoms with E-state index in [1.165, 1.54) is 29.9 Å². The standard InChI is InChI=1S/C35H30N4O6S/c1-5-44-34(42)30-21(2)36-35-39(32(30)24-16-17-27(45-22(3)40)28(18-24)43-4)33(41)29(46-35)19-25-20-38(26-14-10-7-11-15-26)37-31(25)23-12-8-6-9-13-23/h6-20,32H,5H2,1-4H3/b29-19-. The predicted molar refractivity (Wildman–Crippen MR) is 174 cm³/mol. The molecule has 0 amide bonds. The highest BCUT2D eigenvalue weighted by atomic mass is 32.1. The van der Waals surface area contributed by atoms with E-state index in [1.807, 2.05) is 72.9 Å². The number of aromatic nitrogens is 3. The molecule has 0 saturated carbocycles. The molecule has 0 fully saturated rings. The van der Waals surface area contributed by atoms with Crippen LogP contribution in [0.5, 0.6) is 11.5 Å². The van der Waals surface area contributed by atoms with E-state index in [-0.39, 0.29) is 29.2 Å². The van der Waals surface area contributed by atoms with Gasteiger partial charge in [0.15, 0.2) is 16.3 Å². The number of hydrogen-bond donors (Lipinski definition) is 0. The Balaban J connectivity index is 1.55. The summed E-state index contributed by atoms with van der Waals surface area (Å²) in [4.78, 5) is 44.4. The van der Waals surface area contributed by atoms with Crippen LogP contribution in [-0.4, -0.2) is 40.0 Å². The smallest absolute Gasteiger partial charge is 0.338 e. The molecule has 3 aromatic carbocycles. The summed E-state index contributed by atoms with van der Waals surface area (Å²) in [5.41, 5.74) is 4.10. The van der Waals surface area contributed by atoms with Gasteiger partial charge in [-0.1, -0.05) is 65.9 Å². The molecule has 0 saturated heterocycles. The van der Waals surface area contributed by atoms with Crippen molar-refractivity contribution in [1.82, 2.24) is 14.3 Å². The van der Waals surface area contributed by atoms with Crippen LogP contribution < -0.4 is 24.4 Å². The summed E-state index contributed by atoms with van der Waals surface area (Å²) < 4.78 is 19.9. The van der Waals surface area contributed by atoms with Crippen molar-refractivity contribution in [2.24, 2.45) is 4.99 Å². The van der Waals surface area contributed by atoms with Crippen LogP contribution in [0.3, 0.4) is 0 Å². The van der Waals surface area contributed by atoms with Crippen molar-refractivity contribution in [1.29, 1.82) is 0 Å². The Kier molecular flexibility index (Phi) is 8.49. The Morgan fingerprint density at radius 1 is 1.00 bits per heavy atom. The number of nitrogens with zero attached hydrogens (tertiary/aromatic N) is 4. The van der Waals surface area contributed by atoms with Crippen LogP contribution in [-0.2, 0) is 14.3 Å². The molecule has 0 radical (unpaired) electrons. The number of esters is 2. The number of benzene rings is 3. The highest BCUT2D eigenvalue weighted by Crippen LogP contribution is 2.36. The molecule has 6 rings (SSSR count). The number of rotatable bonds is 8. The molecule has 0 bridgehead atoms. The quantitative estimate of drug-likeness (QED) is 0.181. The normalized spacial score (nSPS) is 14.4. The Morgan fingerprint density at radius 2 is 1.72 bits per heavy atom. The van der Waals surface area contributed by atoms with Gasteiger partial charge in [-0.3, -0.25) is 14.2 Å². The van der Waals surface area contributed by atoms with Crippen molar-refractivity contribution in [2.45, 2.75) is 26.8 Å². The summed E-state index contributed by atoms with van der Waals surface area (Å²) in [5.74, 6) is -0.601. The van der Waals surface area contributed by atoms with Crippen LogP contribution in [0.4, 0.5) is 0 Å². The minimum atomic E-state index is -0.877. The molecule has 232 valence electrons. The lowest BCUT2D eigenvalue weighted by molar-refractivity contribution is -0.139. The van der Waals surface area contributed by atoms with Crippen LogP contribution in [0.25, 0.3) is 23.0 Å². The maximum absolute atomic E-state index is 14.3. The van der Waals surface area contributed by atoms with Crippen molar-refractivity contribution in [3.63, 3.8) is 0 Å². The molecule has 1 aliphatic heterocycles. The zero-order chi connectivity index (χ0) is 32.4. The van der Waals surface area contributed by atoms with Crippen molar-refractivity contribution in [3.05, 3.63) is 127 Å². The monoisotopic (exact) mass is 634 g/mol. The number of para-hydroxylation sites is 1. The molecular weight excluding hydrogens is 604 g/mol. The molecule has 1 unspecified atom stereocenters. The molecule has 3 heterocycles. The minimum absolute atomic E-state index is 0.148. The maximum Gasteiger partial charge on any atom is 0.338 e. The first-order valence-corrected chi connectivity index (χ1v) is 15.4. The average molecular weight is 635 g/mol. The van der Waals surface area contributed by atoms with Crippen molar-refractivity contribution >= 4 is 29.4 Å². The second-order valence-corrected chi connectivity index (χ2v) is 11.4. The lowest BCUT2D eigenvalue weighted by Gasteiger charge is -2.25. The summed E-state index contributed by atoms with van der Waals surface area (Å²) in [6, 6.07) is 23.5. The minimum Gasteiger partial charge on any atom is -0.493 e. The Morgan fingerprint density at radius 3 is 2.39 bits per heavy atom. The van der Waals surface area contributed by atoms with Gasteiger partial charge >= 0.3 is 11.9 Å². The molecule has 11 heteroatoms. The molecule has 5 aromatic rings. The van der Waals surface area contributed by atoms with E-state index in [1.54, 1.807) is 36.7 Å². The number of allylic oxidation sites excluding steroid dienone is 1.